The van der Waals surface area contributed by atoms with Crippen molar-refractivity contribution in [2.24, 2.45) is 0 Å². The molecule has 0 aliphatic carbocycles. The van der Waals surface area contributed by atoms with Crippen molar-refractivity contribution in [2.45, 2.75) is 39.2 Å². The van der Waals surface area contributed by atoms with Crippen molar-refractivity contribution in [3.05, 3.63) is 64.7 Å². The van der Waals surface area contributed by atoms with Crippen LogP contribution in [0.3, 0.4) is 0 Å². The second kappa shape index (κ2) is 11.9. The summed E-state index contributed by atoms with van der Waals surface area (Å²) >= 11 is 0. The van der Waals surface area contributed by atoms with E-state index in [2.05, 4.69) is 6.92 Å². The smallest absolute Gasteiger partial charge is 0.295 e. The summed E-state index contributed by atoms with van der Waals surface area (Å²) in [6.45, 7) is 5.79. The average molecular weight is 481 g/mol. The van der Waals surface area contributed by atoms with Gasteiger partial charge in [0, 0.05) is 12.1 Å². The lowest BCUT2D eigenvalue weighted by Crippen LogP contribution is -2.32. The molecule has 1 aliphatic rings. The number of methoxy groups -OCH3 is 1. The zero-order chi connectivity index (χ0) is 25.5. The summed E-state index contributed by atoms with van der Waals surface area (Å²) < 4.78 is 11.1. The SMILES string of the molecule is CCCCOc1ccc([C@@H]2C(=C(O)c3ccc(OC)c(C)c3)C(=O)C(=O)N2CCCN(C)C)cc1. The second-order valence-corrected chi connectivity index (χ2v) is 9.10. The van der Waals surface area contributed by atoms with Crippen molar-refractivity contribution in [1.29, 1.82) is 0 Å². The van der Waals surface area contributed by atoms with Gasteiger partial charge in [0.05, 0.1) is 25.3 Å². The summed E-state index contributed by atoms with van der Waals surface area (Å²) in [5.74, 6) is -0.0335. The molecule has 0 aromatic heterocycles. The number of aliphatic hydroxyl groups excluding tert-OH is 1. The van der Waals surface area contributed by atoms with Crippen molar-refractivity contribution in [1.82, 2.24) is 9.80 Å². The van der Waals surface area contributed by atoms with E-state index in [-0.39, 0.29) is 11.3 Å². The number of carbonyl (C=O) groups excluding carboxylic acids is 2. The molecular formula is C28H36N2O5. The minimum Gasteiger partial charge on any atom is -0.507 e. The van der Waals surface area contributed by atoms with Crippen LogP contribution in [0.15, 0.2) is 48.0 Å². The molecule has 0 radical (unpaired) electrons. The Morgan fingerprint density at radius 3 is 2.40 bits per heavy atom. The van der Waals surface area contributed by atoms with Crippen LogP contribution in [0, 0.1) is 6.92 Å². The first-order valence-electron chi connectivity index (χ1n) is 12.1. The van der Waals surface area contributed by atoms with Gasteiger partial charge in [-0.3, -0.25) is 9.59 Å². The van der Waals surface area contributed by atoms with Gasteiger partial charge in [-0.1, -0.05) is 25.5 Å². The van der Waals surface area contributed by atoms with E-state index in [9.17, 15) is 14.7 Å². The molecule has 0 unspecified atom stereocenters. The van der Waals surface area contributed by atoms with E-state index >= 15 is 0 Å². The molecule has 1 N–H and O–H groups in total. The average Bonchev–Trinajstić information content (AvgIpc) is 3.09. The summed E-state index contributed by atoms with van der Waals surface area (Å²) in [4.78, 5) is 29.9. The minimum atomic E-state index is -0.677. The van der Waals surface area contributed by atoms with Crippen molar-refractivity contribution in [3.63, 3.8) is 0 Å². The molecule has 1 saturated heterocycles. The van der Waals surface area contributed by atoms with Crippen molar-refractivity contribution >= 4 is 17.4 Å². The number of aliphatic hydroxyl groups is 1. The summed E-state index contributed by atoms with van der Waals surface area (Å²) in [5.41, 5.74) is 2.15. The van der Waals surface area contributed by atoms with Crippen LogP contribution in [-0.2, 0) is 9.59 Å². The molecule has 0 bridgehead atoms. The number of benzene rings is 2. The molecule has 35 heavy (non-hydrogen) atoms. The maximum Gasteiger partial charge on any atom is 0.295 e. The molecule has 7 nitrogen and oxygen atoms in total. The third-order valence-corrected chi connectivity index (χ3v) is 6.18. The van der Waals surface area contributed by atoms with Crippen LogP contribution in [0.1, 0.15) is 48.9 Å². The van der Waals surface area contributed by atoms with Crippen LogP contribution in [0.2, 0.25) is 0 Å². The summed E-state index contributed by atoms with van der Waals surface area (Å²) in [7, 11) is 5.51. The number of ether oxygens (including phenoxy) is 2. The van der Waals surface area contributed by atoms with E-state index in [0.717, 1.165) is 36.3 Å². The number of Topliss-reactive ketones (excluding diaryl/α,β-unsaturated/α-hetero) is 1. The van der Waals surface area contributed by atoms with Gasteiger partial charge in [-0.05, 0) is 81.9 Å². The molecule has 1 atom stereocenters. The largest absolute Gasteiger partial charge is 0.507 e. The van der Waals surface area contributed by atoms with Crippen LogP contribution < -0.4 is 9.47 Å². The molecule has 0 saturated carbocycles. The Kier molecular flexibility index (Phi) is 8.93. The van der Waals surface area contributed by atoms with Crippen molar-refractivity contribution in [3.8, 4) is 11.5 Å². The fraction of sp³-hybridized carbons (Fsp3) is 0.429. The first-order valence-corrected chi connectivity index (χ1v) is 12.1. The third kappa shape index (κ3) is 6.03. The maximum absolute atomic E-state index is 13.2. The first-order chi connectivity index (χ1) is 16.8. The Balaban J connectivity index is 2.03. The molecular weight excluding hydrogens is 444 g/mol. The highest BCUT2D eigenvalue weighted by molar-refractivity contribution is 6.46. The number of hydrogen-bond donors (Lipinski definition) is 1. The number of nitrogens with zero attached hydrogens (tertiary/aromatic N) is 2. The fourth-order valence-electron chi connectivity index (χ4n) is 4.28. The quantitative estimate of drug-likeness (QED) is 0.220. The van der Waals surface area contributed by atoms with Gasteiger partial charge >= 0.3 is 0 Å². The van der Waals surface area contributed by atoms with Crippen LogP contribution in [0.4, 0.5) is 0 Å². The fourth-order valence-corrected chi connectivity index (χ4v) is 4.28. The van der Waals surface area contributed by atoms with Crippen molar-refractivity contribution < 1.29 is 24.2 Å². The van der Waals surface area contributed by atoms with E-state index < -0.39 is 17.7 Å². The van der Waals surface area contributed by atoms with E-state index in [1.165, 1.54) is 0 Å². The normalized spacial score (nSPS) is 17.3. The number of ketones is 1. The molecule has 2 aromatic carbocycles. The summed E-state index contributed by atoms with van der Waals surface area (Å²) in [6, 6.07) is 12.0. The second-order valence-electron chi connectivity index (χ2n) is 9.10. The molecule has 1 fully saturated rings. The van der Waals surface area contributed by atoms with Crippen LogP contribution in [-0.4, -0.2) is 67.5 Å². The van der Waals surface area contributed by atoms with Crippen LogP contribution in [0.5, 0.6) is 11.5 Å². The molecule has 188 valence electrons. The van der Waals surface area contributed by atoms with Crippen LogP contribution in [0.25, 0.3) is 5.76 Å². The predicted octanol–water partition coefficient (Wildman–Crippen LogP) is 4.56. The molecule has 0 spiro atoms. The van der Waals surface area contributed by atoms with Gasteiger partial charge < -0.3 is 24.4 Å². The Morgan fingerprint density at radius 2 is 1.80 bits per heavy atom. The van der Waals surface area contributed by atoms with Crippen molar-refractivity contribution in [2.75, 3.05) is 40.9 Å². The van der Waals surface area contributed by atoms with E-state index in [4.69, 9.17) is 9.47 Å². The summed E-state index contributed by atoms with van der Waals surface area (Å²) in [6.07, 6.45) is 2.72. The van der Waals surface area contributed by atoms with Gasteiger partial charge in [0.15, 0.2) is 0 Å². The maximum atomic E-state index is 13.2. The number of likely N-dealkylation sites (tertiary alicyclic amines) is 1. The van der Waals surface area contributed by atoms with Gasteiger partial charge in [-0.25, -0.2) is 0 Å². The number of aryl methyl sites for hydroxylation is 1. The number of hydrogen-bond acceptors (Lipinski definition) is 6. The van der Waals surface area contributed by atoms with E-state index in [0.29, 0.717) is 30.9 Å². The number of carbonyl (C=O) groups is 2. The molecule has 1 amide bonds. The minimum absolute atomic E-state index is 0.101. The Labute approximate surface area is 207 Å². The lowest BCUT2D eigenvalue weighted by Gasteiger charge is -2.26. The topological polar surface area (TPSA) is 79.3 Å². The highest BCUT2D eigenvalue weighted by Gasteiger charge is 2.45. The third-order valence-electron chi connectivity index (χ3n) is 6.18. The number of rotatable bonds is 11. The lowest BCUT2D eigenvalue weighted by atomic mass is 9.94. The lowest BCUT2D eigenvalue weighted by molar-refractivity contribution is -0.139. The van der Waals surface area contributed by atoms with Gasteiger partial charge in [-0.2, -0.15) is 0 Å². The standard InChI is InChI=1S/C28H36N2O5/c1-6-7-17-35-22-12-9-20(10-13-22)25-24(26(31)21-11-14-23(34-5)19(2)18-21)27(32)28(33)30(25)16-8-15-29(3)4/h9-14,18,25,31H,6-8,15-17H2,1-5H3/t25-/m1/s1. The van der Waals surface area contributed by atoms with Crippen LogP contribution >= 0.6 is 0 Å². The molecule has 7 heteroatoms. The Morgan fingerprint density at radius 1 is 1.09 bits per heavy atom. The first kappa shape index (κ1) is 26.3. The molecule has 2 aromatic rings. The van der Waals surface area contributed by atoms with E-state index in [1.54, 1.807) is 30.2 Å². The highest BCUT2D eigenvalue weighted by atomic mass is 16.5. The van der Waals surface area contributed by atoms with Gasteiger partial charge in [-0.15, -0.1) is 0 Å². The van der Waals surface area contributed by atoms with Gasteiger partial charge in [0.25, 0.3) is 11.7 Å². The summed E-state index contributed by atoms with van der Waals surface area (Å²) in [5, 5.41) is 11.3. The molecule has 1 heterocycles. The number of amides is 1. The number of unbranched alkanes of at least 4 members (excludes halogenated alkanes) is 1. The van der Waals surface area contributed by atoms with Gasteiger partial charge in [0.1, 0.15) is 17.3 Å². The molecule has 3 rings (SSSR count). The Hall–Kier alpha value is -3.32. The monoisotopic (exact) mass is 480 g/mol. The highest BCUT2D eigenvalue weighted by Crippen LogP contribution is 2.40. The molecule has 1 aliphatic heterocycles. The zero-order valence-corrected chi connectivity index (χ0v) is 21.3. The van der Waals surface area contributed by atoms with E-state index in [1.807, 2.05) is 50.2 Å². The van der Waals surface area contributed by atoms with Gasteiger partial charge in [0.2, 0.25) is 0 Å². The Bertz CT molecular complexity index is 1080. The zero-order valence-electron chi connectivity index (χ0n) is 21.3. The predicted molar refractivity (Wildman–Crippen MR) is 137 cm³/mol.